The molecule has 2 unspecified atom stereocenters. The maximum Gasteiger partial charge on any atom is 0.223 e. The monoisotopic (exact) mass is 377 g/mol. The number of benzene rings is 1. The van der Waals surface area contributed by atoms with Gasteiger partial charge in [0.15, 0.2) is 11.5 Å². The minimum atomic E-state index is 0.0296. The van der Waals surface area contributed by atoms with E-state index in [1.807, 2.05) is 25.1 Å². The summed E-state index contributed by atoms with van der Waals surface area (Å²) in [7, 11) is 3.27. The van der Waals surface area contributed by atoms with E-state index in [2.05, 4.69) is 15.5 Å². The zero-order chi connectivity index (χ0) is 19.2. The van der Waals surface area contributed by atoms with Gasteiger partial charge in [0.05, 0.1) is 33.5 Å². The van der Waals surface area contributed by atoms with E-state index < -0.39 is 0 Å². The Labute approximate surface area is 161 Å². The minimum Gasteiger partial charge on any atom is -0.493 e. The van der Waals surface area contributed by atoms with E-state index in [4.69, 9.17) is 14.2 Å². The second-order valence-electron chi connectivity index (χ2n) is 7.23. The molecule has 1 amide bonds. The lowest BCUT2D eigenvalue weighted by Crippen LogP contribution is -2.51. The second kappa shape index (κ2) is 9.39. The molecule has 2 N–H and O–H groups in total. The number of morpholine rings is 1. The first kappa shape index (κ1) is 19.9. The van der Waals surface area contributed by atoms with Crippen LogP contribution in [0.3, 0.4) is 0 Å². The second-order valence-corrected chi connectivity index (χ2v) is 7.23. The van der Waals surface area contributed by atoms with Crippen LogP contribution in [0.5, 0.6) is 11.5 Å². The van der Waals surface area contributed by atoms with Crippen molar-refractivity contribution in [2.75, 3.05) is 60.2 Å². The van der Waals surface area contributed by atoms with Crippen LogP contribution < -0.4 is 20.1 Å². The summed E-state index contributed by atoms with van der Waals surface area (Å²) < 4.78 is 16.3. The summed E-state index contributed by atoms with van der Waals surface area (Å²) in [6.45, 7) is 7.55. The number of rotatable bonds is 8. The lowest BCUT2D eigenvalue weighted by atomic mass is 9.88. The SMILES string of the molecule is COc1ccc(C(CNC(=O)C(C)C2CNC2)N2CCOCC2)cc1OC. The zero-order valence-electron chi connectivity index (χ0n) is 16.5. The number of nitrogens with one attached hydrogen (secondary N) is 2. The highest BCUT2D eigenvalue weighted by atomic mass is 16.5. The van der Waals surface area contributed by atoms with Gasteiger partial charge in [-0.1, -0.05) is 13.0 Å². The molecule has 2 fully saturated rings. The molecule has 0 saturated carbocycles. The molecular formula is C20H31N3O4. The maximum atomic E-state index is 12.6. The van der Waals surface area contributed by atoms with Crippen molar-refractivity contribution in [3.63, 3.8) is 0 Å². The Morgan fingerprint density at radius 3 is 2.56 bits per heavy atom. The summed E-state index contributed by atoms with van der Waals surface area (Å²) in [4.78, 5) is 15.0. The van der Waals surface area contributed by atoms with Crippen LogP contribution >= 0.6 is 0 Å². The summed E-state index contributed by atoms with van der Waals surface area (Å²) in [5.74, 6) is 2.00. The third-order valence-electron chi connectivity index (χ3n) is 5.68. The molecule has 0 radical (unpaired) electrons. The van der Waals surface area contributed by atoms with Gasteiger partial charge in [-0.2, -0.15) is 0 Å². The van der Waals surface area contributed by atoms with Gasteiger partial charge < -0.3 is 24.8 Å². The van der Waals surface area contributed by atoms with Gasteiger partial charge in [-0.25, -0.2) is 0 Å². The third-order valence-corrected chi connectivity index (χ3v) is 5.68. The highest BCUT2D eigenvalue weighted by Gasteiger charge is 2.30. The van der Waals surface area contributed by atoms with E-state index >= 15 is 0 Å². The van der Waals surface area contributed by atoms with Crippen LogP contribution in [-0.2, 0) is 9.53 Å². The Morgan fingerprint density at radius 2 is 1.96 bits per heavy atom. The van der Waals surface area contributed by atoms with Crippen LogP contribution in [0.25, 0.3) is 0 Å². The van der Waals surface area contributed by atoms with Gasteiger partial charge in [0.2, 0.25) is 5.91 Å². The number of methoxy groups -OCH3 is 2. The normalized spacial score (nSPS) is 20.4. The summed E-state index contributed by atoms with van der Waals surface area (Å²) in [6, 6.07) is 6.05. The number of nitrogens with zero attached hydrogens (tertiary/aromatic N) is 1. The van der Waals surface area contributed by atoms with Gasteiger partial charge in [-0.05, 0) is 36.7 Å². The first-order valence-electron chi connectivity index (χ1n) is 9.66. The molecule has 2 aliphatic heterocycles. The molecule has 0 aliphatic carbocycles. The molecule has 2 atom stereocenters. The smallest absolute Gasteiger partial charge is 0.223 e. The summed E-state index contributed by atoms with van der Waals surface area (Å²) >= 11 is 0. The number of amides is 1. The Hall–Kier alpha value is -1.83. The highest BCUT2D eigenvalue weighted by Crippen LogP contribution is 2.32. The standard InChI is InChI=1S/C20H31N3O4/c1-14(16-11-21-12-16)20(24)22-13-17(23-6-8-27-9-7-23)15-4-5-18(25-2)19(10-15)26-3/h4-5,10,14,16-17,21H,6-9,11-13H2,1-3H3,(H,22,24). The van der Waals surface area contributed by atoms with Crippen molar-refractivity contribution in [3.05, 3.63) is 23.8 Å². The molecule has 2 aliphatic rings. The molecule has 0 spiro atoms. The Kier molecular flexibility index (Phi) is 6.93. The molecule has 0 bridgehead atoms. The largest absolute Gasteiger partial charge is 0.493 e. The molecule has 1 aromatic carbocycles. The molecule has 7 heteroatoms. The molecule has 150 valence electrons. The van der Waals surface area contributed by atoms with Crippen LogP contribution in [0.2, 0.25) is 0 Å². The van der Waals surface area contributed by atoms with Crippen LogP contribution in [0.4, 0.5) is 0 Å². The van der Waals surface area contributed by atoms with E-state index in [-0.39, 0.29) is 17.9 Å². The summed E-state index contributed by atoms with van der Waals surface area (Å²) in [5, 5.41) is 6.41. The van der Waals surface area contributed by atoms with E-state index in [9.17, 15) is 4.79 Å². The van der Waals surface area contributed by atoms with Crippen molar-refractivity contribution in [1.82, 2.24) is 15.5 Å². The first-order valence-corrected chi connectivity index (χ1v) is 9.66. The average Bonchev–Trinajstić information content (AvgIpc) is 2.67. The zero-order valence-corrected chi connectivity index (χ0v) is 16.5. The van der Waals surface area contributed by atoms with Crippen LogP contribution in [-0.4, -0.2) is 71.0 Å². The minimum absolute atomic E-state index is 0.0296. The molecule has 1 aromatic rings. The first-order chi connectivity index (χ1) is 13.1. The van der Waals surface area contributed by atoms with Gasteiger partial charge >= 0.3 is 0 Å². The van der Waals surface area contributed by atoms with Gasteiger partial charge in [0, 0.05) is 25.6 Å². The quantitative estimate of drug-likeness (QED) is 0.706. The Bertz CT molecular complexity index is 630. The maximum absolute atomic E-state index is 12.6. The van der Waals surface area contributed by atoms with Crippen molar-refractivity contribution >= 4 is 5.91 Å². The highest BCUT2D eigenvalue weighted by molar-refractivity contribution is 5.78. The summed E-state index contributed by atoms with van der Waals surface area (Å²) in [6.07, 6.45) is 0. The number of carbonyl (C=O) groups is 1. The van der Waals surface area contributed by atoms with E-state index in [1.165, 1.54) is 0 Å². The van der Waals surface area contributed by atoms with Crippen LogP contribution in [0.1, 0.15) is 18.5 Å². The van der Waals surface area contributed by atoms with Crippen LogP contribution in [0.15, 0.2) is 18.2 Å². The van der Waals surface area contributed by atoms with Gasteiger partial charge in [0.1, 0.15) is 0 Å². The van der Waals surface area contributed by atoms with E-state index in [0.29, 0.717) is 37.2 Å². The van der Waals surface area contributed by atoms with Crippen LogP contribution in [0, 0.1) is 11.8 Å². The fraction of sp³-hybridized carbons (Fsp3) is 0.650. The Morgan fingerprint density at radius 1 is 1.26 bits per heavy atom. The lowest BCUT2D eigenvalue weighted by Gasteiger charge is -2.36. The van der Waals surface area contributed by atoms with Gasteiger partial charge in [0.25, 0.3) is 0 Å². The molecule has 27 heavy (non-hydrogen) atoms. The van der Waals surface area contributed by atoms with Crippen molar-refractivity contribution < 1.29 is 19.0 Å². The number of hydrogen-bond donors (Lipinski definition) is 2. The Balaban J connectivity index is 1.73. The van der Waals surface area contributed by atoms with E-state index in [0.717, 1.165) is 31.7 Å². The molecule has 2 saturated heterocycles. The van der Waals surface area contributed by atoms with Gasteiger partial charge in [-0.3, -0.25) is 9.69 Å². The number of hydrogen-bond acceptors (Lipinski definition) is 6. The third kappa shape index (κ3) is 4.72. The molecule has 2 heterocycles. The predicted octanol–water partition coefficient (Wildman–Crippen LogP) is 1.05. The predicted molar refractivity (Wildman–Crippen MR) is 103 cm³/mol. The number of ether oxygens (including phenoxy) is 3. The fourth-order valence-corrected chi connectivity index (χ4v) is 3.64. The van der Waals surface area contributed by atoms with Crippen molar-refractivity contribution in [2.24, 2.45) is 11.8 Å². The average molecular weight is 377 g/mol. The molecule has 3 rings (SSSR count). The molecule has 0 aromatic heterocycles. The summed E-state index contributed by atoms with van der Waals surface area (Å²) in [5.41, 5.74) is 1.10. The van der Waals surface area contributed by atoms with E-state index in [1.54, 1.807) is 14.2 Å². The topological polar surface area (TPSA) is 72.1 Å². The molecule has 7 nitrogen and oxygen atoms in total. The molecular weight excluding hydrogens is 346 g/mol. The number of carbonyl (C=O) groups excluding carboxylic acids is 1. The van der Waals surface area contributed by atoms with Crippen molar-refractivity contribution in [1.29, 1.82) is 0 Å². The fourth-order valence-electron chi connectivity index (χ4n) is 3.64. The van der Waals surface area contributed by atoms with Gasteiger partial charge in [-0.15, -0.1) is 0 Å². The lowest BCUT2D eigenvalue weighted by molar-refractivity contribution is -0.127. The van der Waals surface area contributed by atoms with Crippen molar-refractivity contribution in [3.8, 4) is 11.5 Å². The van der Waals surface area contributed by atoms with Crippen molar-refractivity contribution in [2.45, 2.75) is 13.0 Å².